The Labute approximate surface area is 243 Å². The molecule has 0 amide bonds. The molecule has 1 aliphatic rings. The Morgan fingerprint density at radius 2 is 1.68 bits per heavy atom. The van der Waals surface area contributed by atoms with Crippen LogP contribution < -0.4 is 9.64 Å². The summed E-state index contributed by atoms with van der Waals surface area (Å²) in [6, 6.07) is 16.3. The van der Waals surface area contributed by atoms with Gasteiger partial charge in [0.25, 0.3) is 0 Å². The molecule has 0 unspecified atom stereocenters. The zero-order valence-electron chi connectivity index (χ0n) is 21.6. The number of alkyl halides is 3. The molecule has 0 radical (unpaired) electrons. The molecule has 212 valence electrons. The third-order valence-electron chi connectivity index (χ3n) is 6.18. The first-order chi connectivity index (χ1) is 18.9. The van der Waals surface area contributed by atoms with Crippen molar-refractivity contribution in [3.63, 3.8) is 0 Å². The van der Waals surface area contributed by atoms with Gasteiger partial charge in [0.2, 0.25) is 5.88 Å². The Kier molecular flexibility index (Phi) is 8.13. The predicted molar refractivity (Wildman–Crippen MR) is 153 cm³/mol. The molecule has 0 saturated carbocycles. The summed E-state index contributed by atoms with van der Waals surface area (Å²) < 4.78 is 47.8. The van der Waals surface area contributed by atoms with Crippen molar-refractivity contribution in [1.29, 1.82) is 0 Å². The van der Waals surface area contributed by atoms with E-state index in [2.05, 4.69) is 0 Å². The van der Waals surface area contributed by atoms with Crippen LogP contribution in [0.25, 0.3) is 28.0 Å². The Hall–Kier alpha value is -2.70. The predicted octanol–water partition coefficient (Wildman–Crippen LogP) is 6.81. The number of piperazine rings is 1. The minimum Gasteiger partial charge on any atom is -0.474 e. The fraction of sp³-hybridized carbons (Fsp3) is 0.333. The molecule has 0 aliphatic carbocycles. The zero-order chi connectivity index (χ0) is 28.7. The molecule has 1 fully saturated rings. The maximum atomic E-state index is 13.0. The van der Waals surface area contributed by atoms with E-state index in [1.54, 1.807) is 42.6 Å². The minimum atomic E-state index is -4.34. The monoisotopic (exact) mass is 611 g/mol. The van der Waals surface area contributed by atoms with E-state index in [1.807, 2.05) is 35.2 Å². The lowest BCUT2D eigenvalue weighted by molar-refractivity contribution is -0.0363. The quantitative estimate of drug-likeness (QED) is 0.230. The van der Waals surface area contributed by atoms with E-state index < -0.39 is 11.1 Å². The summed E-state index contributed by atoms with van der Waals surface area (Å²) in [6.45, 7) is 4.25. The van der Waals surface area contributed by atoms with Crippen molar-refractivity contribution in [2.45, 2.75) is 25.0 Å². The van der Waals surface area contributed by atoms with Crippen LogP contribution >= 0.6 is 35.1 Å². The molecular weight excluding hydrogens is 586 g/mol. The molecule has 2 aromatic carbocycles. The first-order valence-corrected chi connectivity index (χ1v) is 14.0. The van der Waals surface area contributed by atoms with Crippen LogP contribution in [0, 0.1) is 0 Å². The van der Waals surface area contributed by atoms with Gasteiger partial charge in [-0.1, -0.05) is 53.5 Å². The van der Waals surface area contributed by atoms with Gasteiger partial charge in [-0.25, -0.2) is 4.31 Å². The molecule has 1 aliphatic heterocycles. The zero-order valence-corrected chi connectivity index (χ0v) is 23.9. The summed E-state index contributed by atoms with van der Waals surface area (Å²) in [5.41, 5.74) is -2.25. The van der Waals surface area contributed by atoms with Crippen molar-refractivity contribution in [2.24, 2.45) is 0 Å². The summed E-state index contributed by atoms with van der Waals surface area (Å²) in [4.78, 5) is 6.73. The summed E-state index contributed by atoms with van der Waals surface area (Å²) in [5, 5.41) is 16.3. The molecule has 7 nitrogen and oxygen atoms in total. The number of benzene rings is 2. The Bertz CT molecular complexity index is 1500. The second-order valence-corrected chi connectivity index (χ2v) is 12.0. The average Bonchev–Trinajstić information content (AvgIpc) is 3.26. The van der Waals surface area contributed by atoms with Crippen LogP contribution in [-0.4, -0.2) is 67.9 Å². The largest absolute Gasteiger partial charge is 0.474 e. The number of anilines is 1. The third-order valence-corrected chi connectivity index (χ3v) is 7.59. The molecule has 0 atom stereocenters. The number of rotatable bonds is 7. The molecule has 1 saturated heterocycles. The molecule has 0 spiro atoms. The number of aromatic nitrogens is 3. The number of ether oxygens (including phenoxy) is 1. The maximum absolute atomic E-state index is 13.0. The molecule has 40 heavy (non-hydrogen) atoms. The van der Waals surface area contributed by atoms with Crippen LogP contribution in [0.4, 0.5) is 19.0 Å². The van der Waals surface area contributed by atoms with Gasteiger partial charge in [0, 0.05) is 54.8 Å². The molecule has 0 bridgehead atoms. The summed E-state index contributed by atoms with van der Waals surface area (Å²) >= 11 is 12.7. The Balaban J connectivity index is 1.67. The topological polar surface area (TPSA) is 66.1 Å². The van der Waals surface area contributed by atoms with E-state index >= 15 is 0 Å². The molecule has 4 aromatic rings. The standard InChI is InChI=1S/C27H26Cl2F3N5O2S/c1-26(2,38)16-39-21-15-22(35-11-13-36(14-12-35)40-27(30,31)32)37-25(33-21)23(17-7-9-18(28)10-8-17)24(34-37)19-5-3-4-6-20(19)29/h3-10,15,38H,11-14,16H2,1-2H3. The van der Waals surface area contributed by atoms with Crippen molar-refractivity contribution in [3.8, 4) is 28.3 Å². The fourth-order valence-corrected chi connectivity index (χ4v) is 5.40. The van der Waals surface area contributed by atoms with E-state index in [9.17, 15) is 18.3 Å². The molecule has 1 N–H and O–H groups in total. The number of hydrogen-bond donors (Lipinski definition) is 1. The van der Waals surface area contributed by atoms with E-state index in [0.717, 1.165) is 5.56 Å². The van der Waals surface area contributed by atoms with Crippen LogP contribution in [0.3, 0.4) is 0 Å². The van der Waals surface area contributed by atoms with Crippen molar-refractivity contribution >= 4 is 46.6 Å². The van der Waals surface area contributed by atoms with Crippen LogP contribution in [0.15, 0.2) is 54.6 Å². The Morgan fingerprint density at radius 1 is 1.00 bits per heavy atom. The van der Waals surface area contributed by atoms with Crippen molar-refractivity contribution in [3.05, 3.63) is 64.6 Å². The smallest absolute Gasteiger partial charge is 0.456 e. The number of aliphatic hydroxyl groups is 1. The van der Waals surface area contributed by atoms with Gasteiger partial charge in [-0.2, -0.15) is 27.8 Å². The fourth-order valence-electron chi connectivity index (χ4n) is 4.41. The van der Waals surface area contributed by atoms with E-state index in [-0.39, 0.29) is 37.5 Å². The highest BCUT2D eigenvalue weighted by Gasteiger charge is 2.34. The van der Waals surface area contributed by atoms with Gasteiger partial charge < -0.3 is 14.7 Å². The van der Waals surface area contributed by atoms with E-state index in [1.165, 1.54) is 4.31 Å². The maximum Gasteiger partial charge on any atom is 0.456 e. The SMILES string of the molecule is CC(C)(O)COc1cc(N2CCN(SC(F)(F)F)CC2)n2nc(-c3ccccc3Cl)c(-c3ccc(Cl)cc3)c2n1. The van der Waals surface area contributed by atoms with Gasteiger partial charge in [0.15, 0.2) is 5.65 Å². The number of fused-ring (bicyclic) bond motifs is 1. The first kappa shape index (κ1) is 28.8. The van der Waals surface area contributed by atoms with E-state index in [4.69, 9.17) is 38.0 Å². The molecule has 5 rings (SSSR count). The second-order valence-electron chi connectivity index (χ2n) is 9.95. The van der Waals surface area contributed by atoms with Crippen molar-refractivity contribution in [1.82, 2.24) is 18.9 Å². The summed E-state index contributed by atoms with van der Waals surface area (Å²) in [7, 11) is 0. The van der Waals surface area contributed by atoms with Crippen molar-refractivity contribution < 1.29 is 23.0 Å². The molecule has 13 heteroatoms. The molecule has 3 heterocycles. The average molecular weight is 613 g/mol. The number of hydrogen-bond acceptors (Lipinski definition) is 7. The normalized spacial score (nSPS) is 15.2. The number of nitrogens with zero attached hydrogens (tertiary/aromatic N) is 5. The molecular formula is C27H26Cl2F3N5O2S. The lowest BCUT2D eigenvalue weighted by Gasteiger charge is -2.35. The van der Waals surface area contributed by atoms with Gasteiger partial charge in [-0.3, -0.25) is 0 Å². The van der Waals surface area contributed by atoms with Crippen LogP contribution in [0.5, 0.6) is 5.88 Å². The van der Waals surface area contributed by atoms with Crippen LogP contribution in [0.1, 0.15) is 13.8 Å². The van der Waals surface area contributed by atoms with Gasteiger partial charge >= 0.3 is 5.51 Å². The number of halogens is 5. The second kappa shape index (κ2) is 11.3. The Morgan fingerprint density at radius 3 is 2.30 bits per heavy atom. The highest BCUT2D eigenvalue weighted by atomic mass is 35.5. The van der Waals surface area contributed by atoms with Gasteiger partial charge in [0.05, 0.1) is 16.2 Å². The lowest BCUT2D eigenvalue weighted by Crippen LogP contribution is -2.45. The summed E-state index contributed by atoms with van der Waals surface area (Å²) in [6.07, 6.45) is 0. The highest BCUT2D eigenvalue weighted by Crippen LogP contribution is 2.40. The van der Waals surface area contributed by atoms with Crippen LogP contribution in [0.2, 0.25) is 10.0 Å². The minimum absolute atomic E-state index is 0.0204. The highest BCUT2D eigenvalue weighted by molar-refractivity contribution is 7.97. The van der Waals surface area contributed by atoms with Crippen LogP contribution in [-0.2, 0) is 0 Å². The lowest BCUT2D eigenvalue weighted by atomic mass is 10.0. The van der Waals surface area contributed by atoms with E-state index in [0.29, 0.717) is 51.4 Å². The summed E-state index contributed by atoms with van der Waals surface area (Å²) in [5.74, 6) is 0.846. The van der Waals surface area contributed by atoms with Crippen molar-refractivity contribution in [2.75, 3.05) is 37.7 Å². The van der Waals surface area contributed by atoms with Gasteiger partial charge in [-0.05, 0) is 37.6 Å². The third kappa shape index (κ3) is 6.60. The molecule has 2 aromatic heterocycles. The first-order valence-electron chi connectivity index (χ1n) is 12.4. The van der Waals surface area contributed by atoms with Gasteiger partial charge in [0.1, 0.15) is 18.1 Å². The van der Waals surface area contributed by atoms with Gasteiger partial charge in [-0.15, -0.1) is 0 Å².